The highest BCUT2D eigenvalue weighted by atomic mass is 19.1. The minimum atomic E-state index is -0.623. The minimum Gasteiger partial charge on any atom is -0.380 e. The number of nitrogens with zero attached hydrogens (tertiary/aromatic N) is 1. The van der Waals surface area contributed by atoms with Crippen LogP contribution in [0.25, 0.3) is 21.8 Å². The number of amides is 1. The SMILES string of the molecule is COCc1ccc2c3c(C(N)=O)cccc3n(Cc3ccc(F)cc3F)c2c1. The summed E-state index contributed by atoms with van der Waals surface area (Å²) in [6.07, 6.45) is 0. The van der Waals surface area contributed by atoms with Crippen molar-refractivity contribution < 1.29 is 18.3 Å². The Morgan fingerprint density at radius 1 is 1.07 bits per heavy atom. The number of hydrogen-bond acceptors (Lipinski definition) is 2. The summed E-state index contributed by atoms with van der Waals surface area (Å²) in [6.45, 7) is 0.607. The van der Waals surface area contributed by atoms with Crippen molar-refractivity contribution in [2.45, 2.75) is 13.2 Å². The number of nitrogens with two attached hydrogens (primary N) is 1. The van der Waals surface area contributed by atoms with Gasteiger partial charge in [0.25, 0.3) is 0 Å². The molecule has 3 aromatic carbocycles. The van der Waals surface area contributed by atoms with Gasteiger partial charge in [0.15, 0.2) is 0 Å². The molecule has 142 valence electrons. The van der Waals surface area contributed by atoms with Gasteiger partial charge in [-0.25, -0.2) is 8.78 Å². The monoisotopic (exact) mass is 380 g/mol. The number of ether oxygens (including phenoxy) is 1. The first-order chi connectivity index (χ1) is 13.5. The molecule has 2 N–H and O–H groups in total. The second-order valence-electron chi connectivity index (χ2n) is 6.67. The zero-order chi connectivity index (χ0) is 19.8. The van der Waals surface area contributed by atoms with E-state index in [2.05, 4.69) is 0 Å². The quantitative estimate of drug-likeness (QED) is 0.559. The van der Waals surface area contributed by atoms with Gasteiger partial charge in [-0.15, -0.1) is 0 Å². The summed E-state index contributed by atoms with van der Waals surface area (Å²) >= 11 is 0. The van der Waals surface area contributed by atoms with Crippen molar-refractivity contribution in [1.29, 1.82) is 0 Å². The molecule has 0 unspecified atom stereocenters. The highest BCUT2D eigenvalue weighted by Gasteiger charge is 2.18. The fourth-order valence-electron chi connectivity index (χ4n) is 3.64. The maximum atomic E-state index is 14.3. The van der Waals surface area contributed by atoms with E-state index in [0.717, 1.165) is 33.4 Å². The number of rotatable bonds is 5. The Balaban J connectivity index is 2.02. The van der Waals surface area contributed by atoms with E-state index >= 15 is 0 Å². The topological polar surface area (TPSA) is 57.2 Å². The van der Waals surface area contributed by atoms with Gasteiger partial charge in [0.2, 0.25) is 5.91 Å². The van der Waals surface area contributed by atoms with Crippen molar-refractivity contribution in [2.24, 2.45) is 5.73 Å². The molecule has 0 spiro atoms. The molecule has 1 heterocycles. The van der Waals surface area contributed by atoms with Crippen LogP contribution >= 0.6 is 0 Å². The molecule has 0 aliphatic rings. The molecule has 0 fully saturated rings. The molecule has 28 heavy (non-hydrogen) atoms. The average Bonchev–Trinajstić information content (AvgIpc) is 2.97. The molecule has 0 bridgehead atoms. The molecule has 1 amide bonds. The summed E-state index contributed by atoms with van der Waals surface area (Å²) in [6, 6.07) is 14.6. The van der Waals surface area contributed by atoms with Crippen molar-refractivity contribution in [3.63, 3.8) is 0 Å². The fourth-order valence-corrected chi connectivity index (χ4v) is 3.64. The third-order valence-electron chi connectivity index (χ3n) is 4.88. The molecule has 0 saturated carbocycles. The standard InChI is InChI=1S/C22H18F2N2O2/c1-28-12-13-5-8-16-20(9-13)26(11-14-6-7-15(23)10-18(14)24)19-4-2-3-17(21(16)19)22(25)27/h2-10H,11-12H2,1H3,(H2,25,27). The number of hydrogen-bond donors (Lipinski definition) is 1. The van der Waals surface area contributed by atoms with Crippen LogP contribution in [0.5, 0.6) is 0 Å². The van der Waals surface area contributed by atoms with E-state index in [1.165, 1.54) is 12.1 Å². The van der Waals surface area contributed by atoms with Crippen LogP contribution in [0, 0.1) is 11.6 Å². The largest absolute Gasteiger partial charge is 0.380 e. The lowest BCUT2D eigenvalue weighted by Crippen LogP contribution is -2.11. The van der Waals surface area contributed by atoms with Gasteiger partial charge in [0, 0.05) is 40.6 Å². The Kier molecular flexibility index (Phi) is 4.57. The zero-order valence-corrected chi connectivity index (χ0v) is 15.2. The van der Waals surface area contributed by atoms with E-state index in [9.17, 15) is 13.6 Å². The number of carbonyl (C=O) groups excluding carboxylic acids is 1. The molecule has 4 rings (SSSR count). The second kappa shape index (κ2) is 7.05. The Morgan fingerprint density at radius 2 is 1.89 bits per heavy atom. The van der Waals surface area contributed by atoms with Crippen molar-refractivity contribution in [3.8, 4) is 0 Å². The van der Waals surface area contributed by atoms with Gasteiger partial charge < -0.3 is 15.0 Å². The van der Waals surface area contributed by atoms with Crippen molar-refractivity contribution in [2.75, 3.05) is 7.11 Å². The lowest BCUT2D eigenvalue weighted by atomic mass is 10.0. The molecular formula is C22H18F2N2O2. The number of methoxy groups -OCH3 is 1. The number of halogens is 2. The maximum Gasteiger partial charge on any atom is 0.249 e. The Hall–Kier alpha value is -3.25. The summed E-state index contributed by atoms with van der Waals surface area (Å²) in [5, 5.41) is 1.56. The summed E-state index contributed by atoms with van der Waals surface area (Å²) in [4.78, 5) is 12.0. The van der Waals surface area contributed by atoms with Gasteiger partial charge in [-0.2, -0.15) is 0 Å². The fraction of sp³-hybridized carbons (Fsp3) is 0.136. The van der Waals surface area contributed by atoms with Crippen molar-refractivity contribution >= 4 is 27.7 Å². The summed E-state index contributed by atoms with van der Waals surface area (Å²) in [5.41, 5.74) is 8.85. The highest BCUT2D eigenvalue weighted by molar-refractivity contribution is 6.17. The predicted molar refractivity (Wildman–Crippen MR) is 104 cm³/mol. The highest BCUT2D eigenvalue weighted by Crippen LogP contribution is 2.33. The third-order valence-corrected chi connectivity index (χ3v) is 4.88. The van der Waals surface area contributed by atoms with Gasteiger partial charge in [-0.05, 0) is 29.8 Å². The van der Waals surface area contributed by atoms with E-state index in [4.69, 9.17) is 10.5 Å². The average molecular weight is 380 g/mol. The van der Waals surface area contributed by atoms with Crippen LogP contribution in [0.2, 0.25) is 0 Å². The smallest absolute Gasteiger partial charge is 0.249 e. The first kappa shape index (κ1) is 18.1. The number of benzene rings is 3. The molecule has 6 heteroatoms. The van der Waals surface area contributed by atoms with E-state index < -0.39 is 17.5 Å². The van der Waals surface area contributed by atoms with Crippen LogP contribution < -0.4 is 5.73 Å². The van der Waals surface area contributed by atoms with Crippen LogP contribution in [-0.4, -0.2) is 17.6 Å². The van der Waals surface area contributed by atoms with E-state index in [-0.39, 0.29) is 6.54 Å². The second-order valence-corrected chi connectivity index (χ2v) is 6.67. The number of primary amides is 1. The molecular weight excluding hydrogens is 362 g/mol. The van der Waals surface area contributed by atoms with Gasteiger partial charge >= 0.3 is 0 Å². The van der Waals surface area contributed by atoms with Crippen LogP contribution in [-0.2, 0) is 17.9 Å². The molecule has 0 aliphatic heterocycles. The maximum absolute atomic E-state index is 14.3. The Morgan fingerprint density at radius 3 is 2.61 bits per heavy atom. The van der Waals surface area contributed by atoms with Crippen molar-refractivity contribution in [1.82, 2.24) is 4.57 Å². The molecule has 0 aliphatic carbocycles. The predicted octanol–water partition coefficient (Wildman–Crippen LogP) is 4.37. The van der Waals surface area contributed by atoms with Crippen LogP contribution in [0.4, 0.5) is 8.78 Å². The minimum absolute atomic E-state index is 0.185. The Labute approximate surface area is 160 Å². The molecule has 0 saturated heterocycles. The van der Waals surface area contributed by atoms with Gasteiger partial charge in [0.05, 0.1) is 18.7 Å². The zero-order valence-electron chi connectivity index (χ0n) is 15.2. The molecule has 1 aromatic heterocycles. The van der Waals surface area contributed by atoms with E-state index in [1.54, 1.807) is 19.2 Å². The van der Waals surface area contributed by atoms with Gasteiger partial charge in [-0.1, -0.05) is 24.3 Å². The first-order valence-corrected chi connectivity index (χ1v) is 8.76. The van der Waals surface area contributed by atoms with Gasteiger partial charge in [0.1, 0.15) is 11.6 Å². The molecule has 0 radical (unpaired) electrons. The first-order valence-electron chi connectivity index (χ1n) is 8.76. The van der Waals surface area contributed by atoms with Crippen LogP contribution in [0.15, 0.2) is 54.6 Å². The lowest BCUT2D eigenvalue weighted by molar-refractivity contribution is 0.100. The third kappa shape index (κ3) is 3.01. The number of aromatic nitrogens is 1. The Bertz CT molecular complexity index is 1210. The van der Waals surface area contributed by atoms with Crippen LogP contribution in [0.3, 0.4) is 0 Å². The molecule has 0 atom stereocenters. The lowest BCUT2D eigenvalue weighted by Gasteiger charge is -2.10. The number of fused-ring (bicyclic) bond motifs is 3. The van der Waals surface area contributed by atoms with Gasteiger partial charge in [-0.3, -0.25) is 4.79 Å². The molecule has 4 nitrogen and oxygen atoms in total. The normalized spacial score (nSPS) is 11.4. The van der Waals surface area contributed by atoms with E-state index in [0.29, 0.717) is 17.7 Å². The van der Waals surface area contributed by atoms with Crippen molar-refractivity contribution in [3.05, 3.63) is 82.9 Å². The van der Waals surface area contributed by atoms with E-state index in [1.807, 2.05) is 28.8 Å². The number of carbonyl (C=O) groups is 1. The summed E-state index contributed by atoms with van der Waals surface area (Å²) < 4.78 is 34.7. The van der Waals surface area contributed by atoms with Crippen LogP contribution in [0.1, 0.15) is 21.5 Å². The summed E-state index contributed by atoms with van der Waals surface area (Å²) in [5.74, 6) is -1.77. The molecule has 4 aromatic rings. The summed E-state index contributed by atoms with van der Waals surface area (Å²) in [7, 11) is 1.61.